The summed E-state index contributed by atoms with van der Waals surface area (Å²) in [5.74, 6) is 0.0127. The van der Waals surface area contributed by atoms with Crippen LogP contribution >= 0.6 is 23.4 Å². The van der Waals surface area contributed by atoms with Crippen LogP contribution in [-0.2, 0) is 21.3 Å². The fraction of sp³-hybridized carbons (Fsp3) is 0.692. The Morgan fingerprint density at radius 1 is 1.43 bits per heavy atom. The molecule has 0 aromatic rings. The van der Waals surface area contributed by atoms with E-state index < -0.39 is 0 Å². The van der Waals surface area contributed by atoms with Crippen LogP contribution in [0.1, 0.15) is 25.7 Å². The van der Waals surface area contributed by atoms with Crippen molar-refractivity contribution in [2.45, 2.75) is 43.8 Å². The average molecular weight is 393 g/mol. The van der Waals surface area contributed by atoms with Crippen LogP contribution in [0.5, 0.6) is 0 Å². The van der Waals surface area contributed by atoms with Gasteiger partial charge in [0.1, 0.15) is 6.61 Å². The van der Waals surface area contributed by atoms with Crippen LogP contribution in [0.15, 0.2) is 12.7 Å². The third kappa shape index (κ3) is 3.63. The summed E-state index contributed by atoms with van der Waals surface area (Å²) in [6.45, 7) is 3.78. The first-order valence-electron chi connectivity index (χ1n) is 6.89. The molecule has 0 unspecified atom stereocenters. The molecule has 0 radical (unpaired) electrons. The molecule has 5 nitrogen and oxygen atoms in total. The monoisotopic (exact) mass is 392 g/mol. The van der Waals surface area contributed by atoms with Crippen molar-refractivity contribution in [3.63, 3.8) is 0 Å². The fourth-order valence-corrected chi connectivity index (χ4v) is 4.85. The molecular formula is C13H18BrN2O3PS. The fourth-order valence-electron chi connectivity index (χ4n) is 3.23. The highest BCUT2D eigenvalue weighted by atomic mass is 79.9. The number of carbonyl (C=O) groups is 2. The molecule has 2 aliphatic rings. The zero-order valence-electron chi connectivity index (χ0n) is 11.6. The number of alkyl halides is 1. The van der Waals surface area contributed by atoms with Gasteiger partial charge in [-0.3, -0.25) is 9.46 Å². The molecule has 3 atom stereocenters. The Morgan fingerprint density at radius 2 is 2.05 bits per heavy atom. The number of fused-ring (bicyclic) bond motifs is 2. The lowest BCUT2D eigenvalue weighted by molar-refractivity contribution is -0.125. The maximum Gasteiger partial charge on any atom is 0.410 e. The van der Waals surface area contributed by atoms with Gasteiger partial charge in [-0.05, 0) is 37.5 Å². The summed E-state index contributed by atoms with van der Waals surface area (Å²) < 4.78 is 6.88. The molecular weight excluding hydrogens is 375 g/mol. The normalized spacial score (nSPS) is 27.5. The van der Waals surface area contributed by atoms with Crippen molar-refractivity contribution in [3.05, 3.63) is 12.7 Å². The number of rotatable bonds is 5. The van der Waals surface area contributed by atoms with Gasteiger partial charge in [0, 0.05) is 18.1 Å². The zero-order chi connectivity index (χ0) is 15.4. The van der Waals surface area contributed by atoms with Crippen LogP contribution in [0.25, 0.3) is 0 Å². The SMILES string of the molecule is C=CCOC(=O)N1[C@@H]2CC[C@H]1C[C@H](N(P=S)C(=O)CBr)C2. The number of halogens is 1. The molecule has 2 heterocycles. The van der Waals surface area contributed by atoms with E-state index in [-0.39, 0.29) is 42.1 Å². The number of nitrogens with zero attached hydrogens (tertiary/aromatic N) is 2. The smallest absolute Gasteiger partial charge is 0.410 e. The summed E-state index contributed by atoms with van der Waals surface area (Å²) in [6, 6.07) is 0.414. The van der Waals surface area contributed by atoms with Crippen LogP contribution in [0.2, 0.25) is 0 Å². The van der Waals surface area contributed by atoms with E-state index in [0.717, 1.165) is 25.7 Å². The number of hydrogen-bond acceptors (Lipinski definition) is 4. The topological polar surface area (TPSA) is 49.9 Å². The van der Waals surface area contributed by atoms with Gasteiger partial charge in [0.25, 0.3) is 0 Å². The van der Waals surface area contributed by atoms with Gasteiger partial charge in [-0.1, -0.05) is 28.6 Å². The minimum Gasteiger partial charge on any atom is -0.445 e. The lowest BCUT2D eigenvalue weighted by atomic mass is 9.97. The van der Waals surface area contributed by atoms with E-state index in [2.05, 4.69) is 22.5 Å². The number of amides is 2. The first kappa shape index (κ1) is 16.8. The second-order valence-electron chi connectivity index (χ2n) is 5.24. The van der Waals surface area contributed by atoms with E-state index in [1.54, 1.807) is 10.7 Å². The summed E-state index contributed by atoms with van der Waals surface area (Å²) in [5, 5.41) is 0.285. The summed E-state index contributed by atoms with van der Waals surface area (Å²) in [6.07, 6.45) is 4.79. The van der Waals surface area contributed by atoms with Crippen molar-refractivity contribution in [1.29, 1.82) is 0 Å². The molecule has 0 aliphatic carbocycles. The molecule has 0 saturated carbocycles. The maximum absolute atomic E-state index is 12.1. The lowest BCUT2D eigenvalue weighted by Crippen LogP contribution is -2.52. The van der Waals surface area contributed by atoms with Crippen molar-refractivity contribution in [2.24, 2.45) is 0 Å². The van der Waals surface area contributed by atoms with Gasteiger partial charge in [0.2, 0.25) is 5.91 Å². The standard InChI is InChI=1S/C13H18BrN2O3PS/c1-2-5-19-13(18)15-9-3-4-10(15)7-11(6-9)16(20-21)12(17)8-14/h2,9-11H,1,3-8H2/t9-,10+,11-. The van der Waals surface area contributed by atoms with Gasteiger partial charge in [0.05, 0.1) is 12.8 Å². The molecule has 0 N–H and O–H groups in total. The summed E-state index contributed by atoms with van der Waals surface area (Å²) in [5.41, 5.74) is 0. The van der Waals surface area contributed by atoms with Crippen LogP contribution in [-0.4, -0.2) is 51.6 Å². The van der Waals surface area contributed by atoms with E-state index in [0.29, 0.717) is 7.51 Å². The minimum absolute atomic E-state index is 0.0127. The Morgan fingerprint density at radius 3 is 2.52 bits per heavy atom. The number of hydrogen-bond donors (Lipinski definition) is 0. The molecule has 0 aromatic heterocycles. The number of piperidine rings is 1. The van der Waals surface area contributed by atoms with Gasteiger partial charge in [-0.15, -0.1) is 0 Å². The highest BCUT2D eigenvalue weighted by Crippen LogP contribution is 2.39. The van der Waals surface area contributed by atoms with Crippen LogP contribution in [0, 0.1) is 0 Å². The van der Waals surface area contributed by atoms with Crippen LogP contribution in [0.4, 0.5) is 4.79 Å². The first-order chi connectivity index (χ1) is 10.1. The third-order valence-electron chi connectivity index (χ3n) is 4.05. The lowest BCUT2D eigenvalue weighted by Gasteiger charge is -2.40. The first-order valence-corrected chi connectivity index (χ1v) is 9.87. The van der Waals surface area contributed by atoms with Crippen molar-refractivity contribution in [2.75, 3.05) is 11.9 Å². The average Bonchev–Trinajstić information content (AvgIpc) is 2.76. The predicted octanol–water partition coefficient (Wildman–Crippen LogP) is 2.85. The van der Waals surface area contributed by atoms with Gasteiger partial charge >= 0.3 is 6.09 Å². The second kappa shape index (κ2) is 7.65. The summed E-state index contributed by atoms with van der Waals surface area (Å²) in [7, 11) is 0.552. The molecule has 21 heavy (non-hydrogen) atoms. The van der Waals surface area contributed by atoms with Gasteiger partial charge in [0.15, 0.2) is 0 Å². The van der Waals surface area contributed by atoms with Crippen LogP contribution in [0.3, 0.4) is 0 Å². The minimum atomic E-state index is -0.268. The van der Waals surface area contributed by atoms with Gasteiger partial charge in [-0.2, -0.15) is 0 Å². The molecule has 2 bridgehead atoms. The van der Waals surface area contributed by atoms with Crippen molar-refractivity contribution in [1.82, 2.24) is 9.57 Å². The zero-order valence-corrected chi connectivity index (χ0v) is 14.9. The molecule has 2 fully saturated rings. The molecule has 2 rings (SSSR count). The molecule has 116 valence electrons. The van der Waals surface area contributed by atoms with E-state index in [1.807, 2.05) is 4.90 Å². The third-order valence-corrected chi connectivity index (χ3v) is 5.78. The van der Waals surface area contributed by atoms with Crippen LogP contribution < -0.4 is 0 Å². The second-order valence-corrected chi connectivity index (χ2v) is 6.88. The van der Waals surface area contributed by atoms with Crippen molar-refractivity contribution < 1.29 is 14.3 Å². The number of ether oxygens (including phenoxy) is 1. The molecule has 0 aromatic carbocycles. The van der Waals surface area contributed by atoms with E-state index in [4.69, 9.17) is 16.5 Å². The highest BCUT2D eigenvalue weighted by molar-refractivity contribution is 9.09. The summed E-state index contributed by atoms with van der Waals surface area (Å²) in [4.78, 5) is 25.9. The summed E-state index contributed by atoms with van der Waals surface area (Å²) >= 11 is 8.27. The largest absolute Gasteiger partial charge is 0.445 e. The Labute approximate surface area is 139 Å². The van der Waals surface area contributed by atoms with Gasteiger partial charge < -0.3 is 9.64 Å². The molecule has 8 heteroatoms. The van der Waals surface area contributed by atoms with E-state index in [1.165, 1.54) is 0 Å². The highest BCUT2D eigenvalue weighted by Gasteiger charge is 2.46. The molecule has 2 aliphatic heterocycles. The Hall–Kier alpha value is -0.520. The van der Waals surface area contributed by atoms with E-state index >= 15 is 0 Å². The van der Waals surface area contributed by atoms with Crippen molar-refractivity contribution >= 4 is 47.2 Å². The predicted molar refractivity (Wildman–Crippen MR) is 88.1 cm³/mol. The maximum atomic E-state index is 12.1. The Balaban J connectivity index is 2.04. The number of carbonyl (C=O) groups excluding carboxylic acids is 2. The molecule has 0 spiro atoms. The molecule has 2 saturated heterocycles. The van der Waals surface area contributed by atoms with Crippen molar-refractivity contribution in [3.8, 4) is 0 Å². The van der Waals surface area contributed by atoms with Gasteiger partial charge in [-0.25, -0.2) is 4.79 Å². The molecule has 2 amide bonds. The van der Waals surface area contributed by atoms with E-state index in [9.17, 15) is 9.59 Å². The quantitative estimate of drug-likeness (QED) is 0.410. The Kier molecular flexibility index (Phi) is 6.14. The Bertz CT molecular complexity index is 437.